The highest BCUT2D eigenvalue weighted by Crippen LogP contribution is 2.39. The number of nitro groups is 1. The molecule has 0 bridgehead atoms. The molecule has 38 heavy (non-hydrogen) atoms. The number of anilines is 2. The normalized spacial score (nSPS) is 12.6. The molecule has 3 aromatic rings. The van der Waals surface area contributed by atoms with Gasteiger partial charge in [0.25, 0.3) is 11.6 Å². The van der Waals surface area contributed by atoms with Gasteiger partial charge in [0, 0.05) is 33.7 Å². The zero-order valence-electron chi connectivity index (χ0n) is 20.2. The number of para-hydroxylation sites is 1. The molecule has 2 N–H and O–H groups in total. The summed E-state index contributed by atoms with van der Waals surface area (Å²) in [6.45, 7) is 1.39. The van der Waals surface area contributed by atoms with Crippen molar-refractivity contribution < 1.29 is 14.5 Å². The van der Waals surface area contributed by atoms with Crippen LogP contribution >= 0.6 is 23.1 Å². The Kier molecular flexibility index (Phi) is 8.22. The number of carbonyl (C=O) groups excluding carboxylic acids is 2. The molecular formula is C27H21N5O4S2. The summed E-state index contributed by atoms with van der Waals surface area (Å²) in [4.78, 5) is 37.9. The van der Waals surface area contributed by atoms with Crippen molar-refractivity contribution in [1.29, 1.82) is 10.5 Å². The highest BCUT2D eigenvalue weighted by atomic mass is 32.2. The topological polar surface area (TPSA) is 149 Å². The zero-order valence-corrected chi connectivity index (χ0v) is 21.9. The summed E-state index contributed by atoms with van der Waals surface area (Å²) in [5, 5.41) is 36.8. The maximum Gasteiger partial charge on any atom is 0.270 e. The molecule has 0 spiro atoms. The zero-order chi connectivity index (χ0) is 27.2. The van der Waals surface area contributed by atoms with Crippen LogP contribution in [0.2, 0.25) is 0 Å². The van der Waals surface area contributed by atoms with E-state index in [2.05, 4.69) is 16.7 Å². The molecule has 0 saturated heterocycles. The predicted molar refractivity (Wildman–Crippen MR) is 146 cm³/mol. The van der Waals surface area contributed by atoms with E-state index in [0.29, 0.717) is 31.6 Å². The quantitative estimate of drug-likeness (QED) is 0.159. The van der Waals surface area contributed by atoms with Crippen LogP contribution in [0.15, 0.2) is 57.8 Å². The van der Waals surface area contributed by atoms with Crippen LogP contribution in [-0.4, -0.2) is 16.7 Å². The van der Waals surface area contributed by atoms with Gasteiger partial charge < -0.3 is 10.6 Å². The summed E-state index contributed by atoms with van der Waals surface area (Å²) >= 11 is 2.58. The number of benzene rings is 2. The lowest BCUT2D eigenvalue weighted by molar-refractivity contribution is -0.384. The van der Waals surface area contributed by atoms with Gasteiger partial charge in [-0.1, -0.05) is 23.9 Å². The second-order valence-corrected chi connectivity index (χ2v) is 10.6. The highest BCUT2D eigenvalue weighted by molar-refractivity contribution is 7.99. The summed E-state index contributed by atoms with van der Waals surface area (Å²) in [6.07, 6.45) is 4.92. The lowest BCUT2D eigenvalue weighted by Gasteiger charge is -2.11. The van der Waals surface area contributed by atoms with Crippen LogP contribution in [0.25, 0.3) is 6.08 Å². The van der Waals surface area contributed by atoms with Crippen molar-refractivity contribution >= 4 is 57.4 Å². The molecule has 4 rings (SSSR count). The van der Waals surface area contributed by atoms with Crippen molar-refractivity contribution in [3.8, 4) is 12.1 Å². The molecule has 0 atom stereocenters. The summed E-state index contributed by atoms with van der Waals surface area (Å²) in [5.41, 5.74) is 1.76. The first-order valence-corrected chi connectivity index (χ1v) is 13.2. The minimum atomic E-state index is -0.705. The van der Waals surface area contributed by atoms with Gasteiger partial charge in [0.1, 0.15) is 22.7 Å². The van der Waals surface area contributed by atoms with Crippen molar-refractivity contribution in [3.63, 3.8) is 0 Å². The SMILES string of the molecule is CC(=O)Nc1ccccc1Sc1ccc([N+](=O)[O-])cc1C=C(C#N)C(=O)Nc1sc2c(c1C#N)CCCC2. The van der Waals surface area contributed by atoms with E-state index < -0.39 is 10.8 Å². The van der Waals surface area contributed by atoms with Crippen LogP contribution in [0.3, 0.4) is 0 Å². The van der Waals surface area contributed by atoms with Crippen LogP contribution in [0.1, 0.15) is 41.3 Å². The van der Waals surface area contributed by atoms with Crippen molar-refractivity contribution in [3.05, 3.63) is 79.7 Å². The summed E-state index contributed by atoms with van der Waals surface area (Å²) < 4.78 is 0. The minimum Gasteiger partial charge on any atom is -0.325 e. The van der Waals surface area contributed by atoms with Crippen LogP contribution in [0.4, 0.5) is 16.4 Å². The Balaban J connectivity index is 1.70. The summed E-state index contributed by atoms with van der Waals surface area (Å²) in [5.74, 6) is -0.957. The van der Waals surface area contributed by atoms with Gasteiger partial charge in [-0.25, -0.2) is 0 Å². The Labute approximate surface area is 226 Å². The van der Waals surface area contributed by atoms with Crippen LogP contribution in [0, 0.1) is 32.8 Å². The molecule has 1 heterocycles. The number of rotatable bonds is 7. The van der Waals surface area contributed by atoms with Gasteiger partial charge in [0.05, 0.1) is 16.2 Å². The number of nitro benzene ring substituents is 1. The number of fused-ring (bicyclic) bond motifs is 1. The van der Waals surface area contributed by atoms with E-state index in [1.807, 2.05) is 6.07 Å². The van der Waals surface area contributed by atoms with Gasteiger partial charge in [-0.2, -0.15) is 10.5 Å². The van der Waals surface area contributed by atoms with Gasteiger partial charge in [-0.05, 0) is 61.1 Å². The number of nitriles is 2. The molecule has 0 saturated carbocycles. The number of nitrogens with one attached hydrogen (secondary N) is 2. The van der Waals surface area contributed by atoms with E-state index in [1.54, 1.807) is 24.3 Å². The first-order chi connectivity index (χ1) is 18.3. The predicted octanol–water partition coefficient (Wildman–Crippen LogP) is 6.06. The third kappa shape index (κ3) is 5.92. The molecular weight excluding hydrogens is 522 g/mol. The van der Waals surface area contributed by atoms with E-state index in [-0.39, 0.29) is 17.2 Å². The molecule has 0 aliphatic heterocycles. The highest BCUT2D eigenvalue weighted by Gasteiger charge is 2.23. The van der Waals surface area contributed by atoms with Gasteiger partial charge in [-0.3, -0.25) is 19.7 Å². The number of hydrogen-bond acceptors (Lipinski definition) is 8. The second-order valence-electron chi connectivity index (χ2n) is 8.41. The molecule has 1 aliphatic rings. The fraction of sp³-hybridized carbons (Fsp3) is 0.185. The third-order valence-corrected chi connectivity index (χ3v) is 8.17. The van der Waals surface area contributed by atoms with E-state index in [1.165, 1.54) is 54.3 Å². The van der Waals surface area contributed by atoms with E-state index in [4.69, 9.17) is 0 Å². The van der Waals surface area contributed by atoms with Gasteiger partial charge in [0.15, 0.2) is 0 Å². The number of non-ortho nitro benzene ring substituents is 1. The lowest BCUT2D eigenvalue weighted by Crippen LogP contribution is -2.13. The van der Waals surface area contributed by atoms with Gasteiger partial charge in [-0.15, -0.1) is 11.3 Å². The monoisotopic (exact) mass is 543 g/mol. The Morgan fingerprint density at radius 1 is 1.11 bits per heavy atom. The molecule has 0 unspecified atom stereocenters. The minimum absolute atomic E-state index is 0.203. The fourth-order valence-corrected chi connectivity index (χ4v) is 6.29. The maximum atomic E-state index is 13.1. The van der Waals surface area contributed by atoms with Crippen LogP contribution < -0.4 is 10.6 Å². The van der Waals surface area contributed by atoms with Crippen molar-refractivity contribution in [2.75, 3.05) is 10.6 Å². The molecule has 2 aromatic carbocycles. The van der Waals surface area contributed by atoms with Crippen LogP contribution in [0.5, 0.6) is 0 Å². The molecule has 190 valence electrons. The number of amides is 2. The molecule has 0 radical (unpaired) electrons. The number of thiophene rings is 1. The maximum absolute atomic E-state index is 13.1. The smallest absolute Gasteiger partial charge is 0.270 e. The first-order valence-electron chi connectivity index (χ1n) is 11.6. The summed E-state index contributed by atoms with van der Waals surface area (Å²) in [7, 11) is 0. The van der Waals surface area contributed by atoms with Crippen molar-refractivity contribution in [2.24, 2.45) is 0 Å². The molecule has 9 nitrogen and oxygen atoms in total. The average Bonchev–Trinajstić information content (AvgIpc) is 3.25. The summed E-state index contributed by atoms with van der Waals surface area (Å²) in [6, 6.07) is 15.3. The molecule has 0 fully saturated rings. The van der Waals surface area contributed by atoms with E-state index in [9.17, 15) is 30.2 Å². The van der Waals surface area contributed by atoms with Gasteiger partial charge >= 0.3 is 0 Å². The number of nitrogens with zero attached hydrogens (tertiary/aromatic N) is 3. The number of aryl methyl sites for hydroxylation is 1. The molecule has 11 heteroatoms. The van der Waals surface area contributed by atoms with Gasteiger partial charge in [0.2, 0.25) is 5.91 Å². The van der Waals surface area contributed by atoms with Crippen LogP contribution in [-0.2, 0) is 22.4 Å². The standard InChI is InChI=1S/C27H21N5O4S2/c1-16(33)30-22-7-3-5-9-25(22)37-23-11-10-19(32(35)36)13-17(23)12-18(14-28)26(34)31-27-21(15-29)20-6-2-4-8-24(20)38-27/h3,5,7,9-13H,2,4,6,8H2,1H3,(H,30,33)(H,31,34). The largest absolute Gasteiger partial charge is 0.325 e. The fourth-order valence-electron chi connectivity index (χ4n) is 4.07. The number of carbonyl (C=O) groups is 2. The Bertz CT molecular complexity index is 1560. The Morgan fingerprint density at radius 2 is 1.87 bits per heavy atom. The van der Waals surface area contributed by atoms with E-state index >= 15 is 0 Å². The lowest BCUT2D eigenvalue weighted by atomic mass is 9.96. The Hall–Kier alpha value is -4.45. The van der Waals surface area contributed by atoms with E-state index in [0.717, 1.165) is 36.1 Å². The average molecular weight is 544 g/mol. The molecule has 2 amide bonds. The van der Waals surface area contributed by atoms with Crippen molar-refractivity contribution in [2.45, 2.75) is 42.4 Å². The number of hydrogen-bond donors (Lipinski definition) is 2. The molecule has 1 aliphatic carbocycles. The Morgan fingerprint density at radius 3 is 2.58 bits per heavy atom. The third-order valence-electron chi connectivity index (χ3n) is 5.80. The molecule has 1 aromatic heterocycles. The second kappa shape index (κ2) is 11.7. The van der Waals surface area contributed by atoms with Crippen molar-refractivity contribution in [1.82, 2.24) is 0 Å². The first kappa shape index (κ1) is 26.6.